The normalized spacial score (nSPS) is 13.2. The number of hydrogen-bond donors (Lipinski definition) is 1. The van der Waals surface area contributed by atoms with Crippen LogP contribution in [-0.2, 0) is 19.6 Å². The van der Waals surface area contributed by atoms with Gasteiger partial charge in [-0.3, -0.25) is 4.79 Å². The van der Waals surface area contributed by atoms with Gasteiger partial charge < -0.3 is 4.74 Å². The van der Waals surface area contributed by atoms with E-state index >= 15 is 0 Å². The van der Waals surface area contributed by atoms with Crippen molar-refractivity contribution in [2.24, 2.45) is 5.92 Å². The number of esters is 1. The summed E-state index contributed by atoms with van der Waals surface area (Å²) in [6.07, 6.45) is 0.280. The fourth-order valence-corrected chi connectivity index (χ4v) is 5.56. The molecule has 0 aromatic heterocycles. The molecule has 1 unspecified atom stereocenters. The Morgan fingerprint density at radius 2 is 1.82 bits per heavy atom. The van der Waals surface area contributed by atoms with E-state index in [0.717, 1.165) is 12.1 Å². The minimum atomic E-state index is -4.05. The molecule has 0 bridgehead atoms. The summed E-state index contributed by atoms with van der Waals surface area (Å²) in [5.41, 5.74) is 0. The van der Waals surface area contributed by atoms with Crippen LogP contribution in [0, 0.1) is 11.7 Å². The average Bonchev–Trinajstić information content (AvgIpc) is 2.34. The second-order valence-electron chi connectivity index (χ2n) is 5.03. The third kappa shape index (κ3) is 5.00. The van der Waals surface area contributed by atoms with Crippen LogP contribution in [0.1, 0.15) is 20.3 Å². The van der Waals surface area contributed by atoms with E-state index in [9.17, 15) is 17.6 Å². The number of sulfonamides is 1. The van der Waals surface area contributed by atoms with Gasteiger partial charge in [-0.1, -0.05) is 13.8 Å². The van der Waals surface area contributed by atoms with Crippen molar-refractivity contribution in [3.63, 3.8) is 0 Å². The summed E-state index contributed by atoms with van der Waals surface area (Å²) >= 11 is 6.05. The van der Waals surface area contributed by atoms with Crippen molar-refractivity contribution in [2.45, 2.75) is 31.2 Å². The molecule has 0 heterocycles. The van der Waals surface area contributed by atoms with Gasteiger partial charge in [0.25, 0.3) is 0 Å². The fraction of sp³-hybridized carbons (Fsp3) is 0.462. The van der Waals surface area contributed by atoms with E-state index in [1.54, 1.807) is 0 Å². The third-order valence-electron chi connectivity index (χ3n) is 2.72. The first-order valence-electron chi connectivity index (χ1n) is 6.33. The minimum Gasteiger partial charge on any atom is -0.468 e. The SMILES string of the molecule is COC(=O)C(CC(C)C)NS(=O)(=O)c1c(Br)cc(F)cc1Br. The quantitative estimate of drug-likeness (QED) is 0.661. The van der Waals surface area contributed by atoms with E-state index < -0.39 is 27.9 Å². The summed E-state index contributed by atoms with van der Waals surface area (Å²) in [6, 6.07) is 1.06. The molecular formula is C13H16Br2FNO4S. The predicted molar refractivity (Wildman–Crippen MR) is 87.4 cm³/mol. The molecule has 0 saturated heterocycles. The number of halogens is 3. The standard InChI is InChI=1S/C13H16Br2FNO4S/c1-7(2)4-11(13(18)21-3)17-22(19,20)12-9(14)5-8(16)6-10(12)15/h5-7,11,17H,4H2,1-3H3. The maximum absolute atomic E-state index is 13.3. The van der Waals surface area contributed by atoms with E-state index in [4.69, 9.17) is 0 Å². The Labute approximate surface area is 145 Å². The minimum absolute atomic E-state index is 0.0556. The molecule has 0 saturated carbocycles. The van der Waals surface area contributed by atoms with Crippen LogP contribution in [0.2, 0.25) is 0 Å². The van der Waals surface area contributed by atoms with E-state index in [-0.39, 0.29) is 26.2 Å². The Balaban J connectivity index is 3.21. The van der Waals surface area contributed by atoms with Gasteiger partial charge >= 0.3 is 5.97 Å². The van der Waals surface area contributed by atoms with Gasteiger partial charge in [-0.15, -0.1) is 0 Å². The molecule has 1 atom stereocenters. The lowest BCUT2D eigenvalue weighted by atomic mass is 10.1. The van der Waals surface area contributed by atoms with E-state index in [0.29, 0.717) is 0 Å². The van der Waals surface area contributed by atoms with Crippen molar-refractivity contribution in [3.05, 3.63) is 26.9 Å². The van der Waals surface area contributed by atoms with Crippen molar-refractivity contribution in [2.75, 3.05) is 7.11 Å². The summed E-state index contributed by atoms with van der Waals surface area (Å²) in [5.74, 6) is -1.19. The Bertz CT molecular complexity index is 641. The van der Waals surface area contributed by atoms with Crippen LogP contribution in [0.5, 0.6) is 0 Å². The first-order chi connectivity index (χ1) is 10.1. The largest absolute Gasteiger partial charge is 0.468 e. The Morgan fingerprint density at radius 3 is 2.23 bits per heavy atom. The summed E-state index contributed by atoms with van der Waals surface area (Å²) in [4.78, 5) is 11.6. The summed E-state index contributed by atoms with van der Waals surface area (Å²) in [7, 11) is -2.86. The van der Waals surface area contributed by atoms with Crippen LogP contribution in [0.25, 0.3) is 0 Å². The number of rotatable bonds is 6. The molecule has 1 aromatic rings. The number of carbonyl (C=O) groups is 1. The van der Waals surface area contributed by atoms with E-state index in [1.165, 1.54) is 7.11 Å². The molecule has 0 aliphatic carbocycles. The molecule has 0 spiro atoms. The number of ether oxygens (including phenoxy) is 1. The lowest BCUT2D eigenvalue weighted by Gasteiger charge is -2.19. The zero-order valence-electron chi connectivity index (χ0n) is 12.2. The monoisotopic (exact) mass is 459 g/mol. The first-order valence-corrected chi connectivity index (χ1v) is 9.40. The highest BCUT2D eigenvalue weighted by Crippen LogP contribution is 2.31. The molecular weight excluding hydrogens is 445 g/mol. The highest BCUT2D eigenvalue weighted by Gasteiger charge is 2.30. The van der Waals surface area contributed by atoms with Gasteiger partial charge in [0.15, 0.2) is 0 Å². The van der Waals surface area contributed by atoms with Crippen LogP contribution < -0.4 is 4.72 Å². The van der Waals surface area contributed by atoms with Gasteiger partial charge in [0.05, 0.1) is 7.11 Å². The van der Waals surface area contributed by atoms with Crippen LogP contribution >= 0.6 is 31.9 Å². The number of carbonyl (C=O) groups excluding carboxylic acids is 1. The van der Waals surface area contributed by atoms with Crippen LogP contribution in [0.15, 0.2) is 26.0 Å². The van der Waals surface area contributed by atoms with Gasteiger partial charge in [0.1, 0.15) is 16.8 Å². The average molecular weight is 461 g/mol. The van der Waals surface area contributed by atoms with Gasteiger partial charge in [-0.25, -0.2) is 12.8 Å². The molecule has 1 N–H and O–H groups in total. The Kier molecular flexibility index (Phi) is 6.97. The van der Waals surface area contributed by atoms with Crippen molar-refractivity contribution < 1.29 is 22.3 Å². The highest BCUT2D eigenvalue weighted by molar-refractivity contribution is 9.11. The molecule has 1 rings (SSSR count). The maximum Gasteiger partial charge on any atom is 0.323 e. The molecule has 0 fully saturated rings. The lowest BCUT2D eigenvalue weighted by molar-refractivity contribution is -0.143. The Morgan fingerprint density at radius 1 is 1.32 bits per heavy atom. The molecule has 5 nitrogen and oxygen atoms in total. The fourth-order valence-electron chi connectivity index (χ4n) is 1.84. The highest BCUT2D eigenvalue weighted by atomic mass is 79.9. The van der Waals surface area contributed by atoms with Crippen molar-refractivity contribution in [1.82, 2.24) is 4.72 Å². The van der Waals surface area contributed by atoms with Gasteiger partial charge in [-0.05, 0) is 56.3 Å². The maximum atomic E-state index is 13.3. The van der Waals surface area contributed by atoms with E-state index in [1.807, 2.05) is 13.8 Å². The number of hydrogen-bond acceptors (Lipinski definition) is 4. The molecule has 22 heavy (non-hydrogen) atoms. The van der Waals surface area contributed by atoms with Gasteiger partial charge in [-0.2, -0.15) is 4.72 Å². The van der Waals surface area contributed by atoms with Gasteiger partial charge in [0, 0.05) is 8.95 Å². The molecule has 0 aliphatic heterocycles. The van der Waals surface area contributed by atoms with E-state index in [2.05, 4.69) is 41.3 Å². The molecule has 9 heteroatoms. The van der Waals surface area contributed by atoms with Crippen LogP contribution in [0.4, 0.5) is 4.39 Å². The number of nitrogens with one attached hydrogen (secondary N) is 1. The van der Waals surface area contributed by atoms with Crippen molar-refractivity contribution >= 4 is 47.9 Å². The molecule has 0 radical (unpaired) electrons. The Hall–Kier alpha value is -0.510. The van der Waals surface area contributed by atoms with Crippen molar-refractivity contribution in [1.29, 1.82) is 0 Å². The second kappa shape index (κ2) is 7.85. The number of methoxy groups -OCH3 is 1. The second-order valence-corrected chi connectivity index (χ2v) is 8.38. The molecule has 124 valence electrons. The zero-order chi connectivity index (χ0) is 17.1. The predicted octanol–water partition coefficient (Wildman–Crippen LogP) is 3.22. The molecule has 0 aliphatic rings. The van der Waals surface area contributed by atoms with Gasteiger partial charge in [0.2, 0.25) is 10.0 Å². The lowest BCUT2D eigenvalue weighted by Crippen LogP contribution is -2.42. The topological polar surface area (TPSA) is 72.5 Å². The summed E-state index contributed by atoms with van der Waals surface area (Å²) in [6.45, 7) is 3.71. The van der Waals surface area contributed by atoms with Crippen LogP contribution in [-0.4, -0.2) is 27.5 Å². The van der Waals surface area contributed by atoms with Crippen molar-refractivity contribution in [3.8, 4) is 0 Å². The smallest absolute Gasteiger partial charge is 0.323 e. The number of benzene rings is 1. The third-order valence-corrected chi connectivity index (χ3v) is 6.07. The molecule has 1 aromatic carbocycles. The summed E-state index contributed by atoms with van der Waals surface area (Å²) < 4.78 is 45.3. The van der Waals surface area contributed by atoms with Crippen LogP contribution in [0.3, 0.4) is 0 Å². The first kappa shape index (κ1) is 19.5. The zero-order valence-corrected chi connectivity index (χ0v) is 16.2. The summed E-state index contributed by atoms with van der Waals surface area (Å²) in [5, 5.41) is 0. The molecule has 0 amide bonds.